The van der Waals surface area contributed by atoms with E-state index in [9.17, 15) is 32.8 Å². The van der Waals surface area contributed by atoms with Crippen LogP contribution in [0.15, 0.2) is 77.7 Å². The largest absolute Gasteiger partial charge is 0.444 e. The molecule has 21 heteroatoms. The molecule has 3 aliphatic heterocycles. The normalized spacial score (nSPS) is 17.5. The number of nitrogens with zero attached hydrogens (tertiary/aromatic N) is 7. The summed E-state index contributed by atoms with van der Waals surface area (Å²) in [5.74, 6) is -1.28. The third-order valence-corrected chi connectivity index (χ3v) is 13.0. The molecule has 1 unspecified atom stereocenters. The molecule has 19 nitrogen and oxygen atoms in total. The number of benzene rings is 2. The van der Waals surface area contributed by atoms with Crippen LogP contribution in [0.25, 0.3) is 17.1 Å². The fourth-order valence-corrected chi connectivity index (χ4v) is 8.73. The Morgan fingerprint density at radius 1 is 0.845 bits per heavy atom. The second-order valence-corrected chi connectivity index (χ2v) is 18.1. The molecule has 6 heterocycles. The quantitative estimate of drug-likeness (QED) is 0.0448. The molecule has 0 spiro atoms. The van der Waals surface area contributed by atoms with E-state index < -0.39 is 47.7 Å². The van der Waals surface area contributed by atoms with Crippen LogP contribution in [0.2, 0.25) is 0 Å². The number of halogens is 2. The van der Waals surface area contributed by atoms with E-state index in [1.165, 1.54) is 30.0 Å². The fraction of sp³-hybridized carbons (Fsp3) is 0.440. The number of nitrogens with one attached hydrogen (secondary N) is 4. The molecule has 374 valence electrons. The van der Waals surface area contributed by atoms with Crippen LogP contribution in [0.3, 0.4) is 0 Å². The summed E-state index contributed by atoms with van der Waals surface area (Å²) in [4.78, 5) is 77.4. The molecule has 0 bridgehead atoms. The van der Waals surface area contributed by atoms with Gasteiger partial charge in [0, 0.05) is 82.8 Å². The van der Waals surface area contributed by atoms with E-state index >= 15 is 0 Å². The molecular formula is C50H57F2N11O8. The zero-order chi connectivity index (χ0) is 49.3. The molecule has 4 aliphatic rings. The molecule has 3 fully saturated rings. The highest BCUT2D eigenvalue weighted by Gasteiger charge is 2.44. The third kappa shape index (κ3) is 12.5. The number of unbranched alkanes of at least 4 members (excludes halogenated alkanes) is 1. The molecule has 3 aromatic heterocycles. The van der Waals surface area contributed by atoms with E-state index in [2.05, 4.69) is 46.1 Å². The first-order valence-corrected chi connectivity index (χ1v) is 24.2. The van der Waals surface area contributed by atoms with Crippen molar-refractivity contribution < 1.29 is 46.6 Å². The van der Waals surface area contributed by atoms with Crippen LogP contribution in [0.5, 0.6) is 0 Å². The number of alkyl halides is 2. The van der Waals surface area contributed by atoms with Gasteiger partial charge in [0.25, 0.3) is 24.1 Å². The van der Waals surface area contributed by atoms with E-state index in [1.54, 1.807) is 36.5 Å². The van der Waals surface area contributed by atoms with Crippen molar-refractivity contribution in [2.45, 2.75) is 57.4 Å². The molecule has 2 aromatic carbocycles. The maximum absolute atomic E-state index is 14.1. The van der Waals surface area contributed by atoms with E-state index in [0.29, 0.717) is 61.6 Å². The van der Waals surface area contributed by atoms with E-state index in [4.69, 9.17) is 13.9 Å². The van der Waals surface area contributed by atoms with Crippen LogP contribution in [-0.2, 0) is 25.5 Å². The Bertz CT molecular complexity index is 2700. The van der Waals surface area contributed by atoms with Crippen LogP contribution in [0, 0.1) is 5.92 Å². The minimum absolute atomic E-state index is 0.0622. The number of carbonyl (C=O) groups is 5. The van der Waals surface area contributed by atoms with Crippen molar-refractivity contribution in [2.24, 2.45) is 5.92 Å². The summed E-state index contributed by atoms with van der Waals surface area (Å²) < 4.78 is 46.9. The van der Waals surface area contributed by atoms with Crippen molar-refractivity contribution in [1.29, 1.82) is 0 Å². The Morgan fingerprint density at radius 3 is 2.32 bits per heavy atom. The van der Waals surface area contributed by atoms with Crippen LogP contribution in [0.1, 0.15) is 87.4 Å². The number of pyridine rings is 1. The third-order valence-electron chi connectivity index (χ3n) is 13.0. The molecule has 71 heavy (non-hydrogen) atoms. The number of piperazine rings is 1. The van der Waals surface area contributed by atoms with Gasteiger partial charge in [0.2, 0.25) is 17.7 Å². The summed E-state index contributed by atoms with van der Waals surface area (Å²) in [6.45, 7) is 9.20. The standard InChI is InChI=1S/C50H57F2N11O8/c51-45(52)44-39(56-46(65)40-31-71-48(57-40)34-14-15-54-42(27-34)55-29-33-4-5-33)30-62(59-44)36-9-6-32(7-10-36)3-1-2-23-69-25-21-60-17-19-61(20-18-60)22-26-70-24-16-53-35-8-11-37-38(28-35)50(68)63(49(37)67)41-12-13-43(64)58-47(41)66/h6-11,14-15,27-28,30-31,33,41,45,53H,1-5,12-13,16-26,29H2,(H,54,55)(H,56,65)(H,58,64,66). The van der Waals surface area contributed by atoms with Crippen molar-refractivity contribution >= 4 is 46.7 Å². The van der Waals surface area contributed by atoms with Crippen molar-refractivity contribution in [2.75, 3.05) is 94.7 Å². The molecule has 2 saturated heterocycles. The van der Waals surface area contributed by atoms with Crippen molar-refractivity contribution in [1.82, 2.24) is 39.8 Å². The Balaban J connectivity index is 0.616. The van der Waals surface area contributed by atoms with Crippen molar-refractivity contribution in [3.63, 3.8) is 0 Å². The molecule has 5 amide bonds. The molecule has 9 rings (SSSR count). The smallest absolute Gasteiger partial charge is 0.284 e. The van der Waals surface area contributed by atoms with Gasteiger partial charge in [-0.1, -0.05) is 12.1 Å². The highest BCUT2D eigenvalue weighted by Crippen LogP contribution is 2.32. The number of carbonyl (C=O) groups excluding carboxylic acids is 5. The number of oxazole rings is 1. The Morgan fingerprint density at radius 2 is 1.59 bits per heavy atom. The number of anilines is 3. The van der Waals surface area contributed by atoms with Crippen LogP contribution >= 0.6 is 0 Å². The Hall–Kier alpha value is -6.94. The number of aryl methyl sites for hydroxylation is 1. The number of imide groups is 2. The molecule has 1 atom stereocenters. The molecule has 5 aromatic rings. The van der Waals surface area contributed by atoms with Gasteiger partial charge in [0.1, 0.15) is 18.1 Å². The maximum atomic E-state index is 14.1. The summed E-state index contributed by atoms with van der Waals surface area (Å²) in [5, 5.41) is 15.3. The van der Waals surface area contributed by atoms with Gasteiger partial charge in [-0.2, -0.15) is 5.10 Å². The summed E-state index contributed by atoms with van der Waals surface area (Å²) in [6, 6.07) is 14.9. The van der Waals surface area contributed by atoms with Crippen molar-refractivity contribution in [3.8, 4) is 17.1 Å². The SMILES string of the molecule is O=C1CCC(N2C(=O)c3ccc(NCCOCCN4CCN(CCOCCCCc5ccc(-n6cc(NC(=O)c7coc(-c8ccnc(NCC9CC9)c8)n7)c(C(F)F)n6)cc5)CC4)cc3C2=O)C(=O)N1. The lowest BCUT2D eigenvalue weighted by molar-refractivity contribution is -0.136. The summed E-state index contributed by atoms with van der Waals surface area (Å²) in [6.07, 6.45) is 6.51. The van der Waals surface area contributed by atoms with Crippen LogP contribution in [-0.4, -0.2) is 149 Å². The average Bonchev–Trinajstić information content (AvgIpc) is 3.79. The Kier molecular flexibility index (Phi) is 15.8. The predicted molar refractivity (Wildman–Crippen MR) is 256 cm³/mol. The number of ether oxygens (including phenoxy) is 2. The van der Waals surface area contributed by atoms with Gasteiger partial charge < -0.3 is 29.8 Å². The summed E-state index contributed by atoms with van der Waals surface area (Å²) in [5.41, 5.74) is 2.69. The topological polar surface area (TPSA) is 218 Å². The highest BCUT2D eigenvalue weighted by molar-refractivity contribution is 6.23. The van der Waals surface area contributed by atoms with Gasteiger partial charge in [0.15, 0.2) is 11.4 Å². The first kappa shape index (κ1) is 49.1. The van der Waals surface area contributed by atoms with Crippen LogP contribution < -0.4 is 21.3 Å². The van der Waals surface area contributed by atoms with Gasteiger partial charge in [-0.25, -0.2) is 23.4 Å². The minimum Gasteiger partial charge on any atom is -0.444 e. The van der Waals surface area contributed by atoms with Gasteiger partial charge in [-0.3, -0.25) is 44.0 Å². The number of amides is 5. The second kappa shape index (κ2) is 22.9. The van der Waals surface area contributed by atoms with E-state index in [1.807, 2.05) is 24.3 Å². The number of rotatable bonds is 24. The van der Waals surface area contributed by atoms with Gasteiger partial charge in [-0.15, -0.1) is 0 Å². The lowest BCUT2D eigenvalue weighted by Gasteiger charge is -2.34. The Labute approximate surface area is 408 Å². The zero-order valence-corrected chi connectivity index (χ0v) is 39.2. The molecular weight excluding hydrogens is 921 g/mol. The first-order valence-electron chi connectivity index (χ1n) is 24.2. The maximum Gasteiger partial charge on any atom is 0.284 e. The minimum atomic E-state index is -2.92. The number of hydrogen-bond acceptors (Lipinski definition) is 15. The first-order chi connectivity index (χ1) is 34.6. The van der Waals surface area contributed by atoms with Gasteiger partial charge in [-0.05, 0) is 92.5 Å². The van der Waals surface area contributed by atoms with E-state index in [0.717, 1.165) is 75.5 Å². The molecule has 0 radical (unpaired) electrons. The highest BCUT2D eigenvalue weighted by atomic mass is 19.3. The average molecular weight is 978 g/mol. The lowest BCUT2D eigenvalue weighted by atomic mass is 10.0. The van der Waals surface area contributed by atoms with Gasteiger partial charge in [0.05, 0.1) is 48.5 Å². The number of hydrogen-bond donors (Lipinski definition) is 4. The predicted octanol–water partition coefficient (Wildman–Crippen LogP) is 5.42. The molecule has 1 saturated carbocycles. The summed E-state index contributed by atoms with van der Waals surface area (Å²) in [7, 11) is 0. The van der Waals surface area contributed by atoms with E-state index in [-0.39, 0.29) is 41.2 Å². The fourth-order valence-electron chi connectivity index (χ4n) is 8.73. The summed E-state index contributed by atoms with van der Waals surface area (Å²) >= 11 is 0. The van der Waals surface area contributed by atoms with Crippen LogP contribution in [0.4, 0.5) is 26.0 Å². The number of aromatic nitrogens is 4. The number of piperidine rings is 1. The monoisotopic (exact) mass is 977 g/mol. The lowest BCUT2D eigenvalue weighted by Crippen LogP contribution is -2.54. The zero-order valence-electron chi connectivity index (χ0n) is 39.2. The number of fused-ring (bicyclic) bond motifs is 1. The van der Waals surface area contributed by atoms with Gasteiger partial charge >= 0.3 is 0 Å². The van der Waals surface area contributed by atoms with Crippen molar-refractivity contribution in [3.05, 3.63) is 101 Å². The second-order valence-electron chi connectivity index (χ2n) is 18.1. The molecule has 1 aliphatic carbocycles. The molecule has 4 N–H and O–H groups in total.